The highest BCUT2D eigenvalue weighted by atomic mass is 35.5. The molecule has 1 N–H and O–H groups in total. The van der Waals surface area contributed by atoms with Gasteiger partial charge in [-0.25, -0.2) is 4.39 Å². The summed E-state index contributed by atoms with van der Waals surface area (Å²) in [4.78, 5) is 13.1. The molecule has 94 valence electrons. The third-order valence-electron chi connectivity index (χ3n) is 2.51. The Morgan fingerprint density at radius 3 is 2.65 bits per heavy atom. The van der Waals surface area contributed by atoms with Gasteiger partial charge in [-0.05, 0) is 44.8 Å². The summed E-state index contributed by atoms with van der Waals surface area (Å²) in [6.45, 7) is 0.645. The summed E-state index contributed by atoms with van der Waals surface area (Å²) in [5, 5.41) is 9.10. The third-order valence-corrected chi connectivity index (χ3v) is 2.80. The molecule has 17 heavy (non-hydrogen) atoms. The molecule has 0 aliphatic carbocycles. The second-order valence-corrected chi connectivity index (χ2v) is 4.56. The predicted octanol–water partition coefficient (Wildman–Crippen LogP) is 2.60. The van der Waals surface area contributed by atoms with E-state index in [4.69, 9.17) is 16.7 Å². The van der Waals surface area contributed by atoms with Gasteiger partial charge in [0.25, 0.3) is 0 Å². The van der Waals surface area contributed by atoms with Gasteiger partial charge >= 0.3 is 5.97 Å². The van der Waals surface area contributed by atoms with Crippen LogP contribution in [-0.2, 0) is 4.79 Å². The van der Waals surface area contributed by atoms with Crippen molar-refractivity contribution in [2.75, 3.05) is 20.6 Å². The van der Waals surface area contributed by atoms with Gasteiger partial charge in [0.1, 0.15) is 5.82 Å². The Labute approximate surface area is 105 Å². The van der Waals surface area contributed by atoms with Gasteiger partial charge in [0.05, 0.1) is 10.9 Å². The average Bonchev–Trinajstić information content (AvgIpc) is 2.22. The summed E-state index contributed by atoms with van der Waals surface area (Å²) in [7, 11) is 3.74. The fourth-order valence-electron chi connectivity index (χ4n) is 1.55. The van der Waals surface area contributed by atoms with Gasteiger partial charge in [-0.1, -0.05) is 17.7 Å². The quantitative estimate of drug-likeness (QED) is 0.884. The highest BCUT2D eigenvalue weighted by Crippen LogP contribution is 2.25. The largest absolute Gasteiger partial charge is 0.481 e. The molecule has 0 aromatic heterocycles. The second-order valence-electron chi connectivity index (χ2n) is 4.16. The maximum atomic E-state index is 13.0. The third kappa shape index (κ3) is 3.98. The molecule has 0 saturated carbocycles. The summed E-state index contributed by atoms with van der Waals surface area (Å²) in [6.07, 6.45) is 0.463. The van der Waals surface area contributed by atoms with E-state index in [0.29, 0.717) is 18.5 Å². The lowest BCUT2D eigenvalue weighted by molar-refractivity contribution is -0.139. The monoisotopic (exact) mass is 259 g/mol. The molecule has 1 atom stereocenters. The van der Waals surface area contributed by atoms with Crippen LogP contribution in [0.1, 0.15) is 17.9 Å². The van der Waals surface area contributed by atoms with Gasteiger partial charge in [0.2, 0.25) is 0 Å². The minimum absolute atomic E-state index is 0.0430. The highest BCUT2D eigenvalue weighted by Gasteiger charge is 2.20. The van der Waals surface area contributed by atoms with Crippen molar-refractivity contribution in [2.24, 2.45) is 0 Å². The van der Waals surface area contributed by atoms with Crippen molar-refractivity contribution in [2.45, 2.75) is 12.3 Å². The number of rotatable bonds is 5. The van der Waals surface area contributed by atoms with Gasteiger partial charge < -0.3 is 10.0 Å². The molecule has 3 nitrogen and oxygen atoms in total. The van der Waals surface area contributed by atoms with Gasteiger partial charge in [0, 0.05) is 0 Å². The van der Waals surface area contributed by atoms with E-state index in [1.807, 2.05) is 19.0 Å². The van der Waals surface area contributed by atoms with Crippen LogP contribution in [0.2, 0.25) is 5.02 Å². The van der Waals surface area contributed by atoms with Gasteiger partial charge in [-0.3, -0.25) is 4.79 Å². The van der Waals surface area contributed by atoms with Crippen molar-refractivity contribution in [1.29, 1.82) is 0 Å². The predicted molar refractivity (Wildman–Crippen MR) is 65.0 cm³/mol. The van der Waals surface area contributed by atoms with E-state index in [2.05, 4.69) is 0 Å². The summed E-state index contributed by atoms with van der Waals surface area (Å²) in [5.41, 5.74) is 0.533. The Balaban J connectivity index is 2.89. The zero-order valence-corrected chi connectivity index (χ0v) is 10.5. The second kappa shape index (κ2) is 5.98. The number of halogens is 2. The molecule has 1 aromatic rings. The van der Waals surface area contributed by atoms with Crippen LogP contribution in [0.15, 0.2) is 18.2 Å². The average molecular weight is 260 g/mol. The van der Waals surface area contributed by atoms with Crippen LogP contribution < -0.4 is 0 Å². The maximum Gasteiger partial charge on any atom is 0.311 e. The Morgan fingerprint density at radius 1 is 1.53 bits per heavy atom. The lowest BCUT2D eigenvalue weighted by Gasteiger charge is -2.16. The number of carboxylic acid groups (broad SMARTS) is 1. The van der Waals surface area contributed by atoms with E-state index in [1.54, 1.807) is 0 Å². The summed E-state index contributed by atoms with van der Waals surface area (Å²) >= 11 is 5.65. The molecule has 5 heteroatoms. The molecule has 0 aliphatic rings. The number of carbonyl (C=O) groups is 1. The van der Waals surface area contributed by atoms with E-state index in [0.717, 1.165) is 0 Å². The lowest BCUT2D eigenvalue weighted by Crippen LogP contribution is -2.20. The van der Waals surface area contributed by atoms with Crippen molar-refractivity contribution in [3.8, 4) is 0 Å². The van der Waals surface area contributed by atoms with Crippen LogP contribution in [0.4, 0.5) is 4.39 Å². The molecule has 0 heterocycles. The first-order valence-electron chi connectivity index (χ1n) is 5.24. The normalized spacial score (nSPS) is 12.8. The highest BCUT2D eigenvalue weighted by molar-refractivity contribution is 6.30. The summed E-state index contributed by atoms with van der Waals surface area (Å²) in [5.74, 6) is -2.11. The minimum atomic E-state index is -0.922. The standard InChI is InChI=1S/C12H15ClFNO2/c1-15(2)6-5-9(12(16)17)8-3-4-11(14)10(13)7-8/h3-4,7,9H,5-6H2,1-2H3,(H,16,17). The van der Waals surface area contributed by atoms with Crippen LogP contribution >= 0.6 is 11.6 Å². The number of hydrogen-bond acceptors (Lipinski definition) is 2. The van der Waals surface area contributed by atoms with Crippen molar-refractivity contribution in [3.63, 3.8) is 0 Å². The van der Waals surface area contributed by atoms with Crippen molar-refractivity contribution < 1.29 is 14.3 Å². The minimum Gasteiger partial charge on any atom is -0.481 e. The van der Waals surface area contributed by atoms with E-state index < -0.39 is 17.7 Å². The molecule has 0 bridgehead atoms. The molecule has 1 unspecified atom stereocenters. The molecule has 0 radical (unpaired) electrons. The van der Waals surface area contributed by atoms with Crippen LogP contribution in [0.3, 0.4) is 0 Å². The smallest absolute Gasteiger partial charge is 0.311 e. The van der Waals surface area contributed by atoms with E-state index in [9.17, 15) is 9.18 Å². The molecule has 1 rings (SSSR count). The Morgan fingerprint density at radius 2 is 2.18 bits per heavy atom. The topological polar surface area (TPSA) is 40.5 Å². The van der Waals surface area contributed by atoms with Crippen LogP contribution in [0.5, 0.6) is 0 Å². The van der Waals surface area contributed by atoms with Crippen molar-refractivity contribution >= 4 is 17.6 Å². The van der Waals surface area contributed by atoms with E-state index >= 15 is 0 Å². The summed E-state index contributed by atoms with van der Waals surface area (Å²) < 4.78 is 13.0. The number of hydrogen-bond donors (Lipinski definition) is 1. The molecule has 0 saturated heterocycles. The van der Waals surface area contributed by atoms with Gasteiger partial charge in [0.15, 0.2) is 0 Å². The van der Waals surface area contributed by atoms with Crippen LogP contribution in [0, 0.1) is 5.82 Å². The van der Waals surface area contributed by atoms with E-state index in [1.165, 1.54) is 18.2 Å². The Kier molecular flexibility index (Phi) is 4.90. The fraction of sp³-hybridized carbons (Fsp3) is 0.417. The number of benzene rings is 1. The summed E-state index contributed by atoms with van der Waals surface area (Å²) in [6, 6.07) is 4.05. The zero-order valence-electron chi connectivity index (χ0n) is 9.78. The molecular formula is C12H15ClFNO2. The van der Waals surface area contributed by atoms with Crippen LogP contribution in [-0.4, -0.2) is 36.6 Å². The maximum absolute atomic E-state index is 13.0. The molecule has 0 spiro atoms. The Hall–Kier alpha value is -1.13. The van der Waals surface area contributed by atoms with Crippen molar-refractivity contribution in [3.05, 3.63) is 34.6 Å². The SMILES string of the molecule is CN(C)CCC(C(=O)O)c1ccc(F)c(Cl)c1. The number of aliphatic carboxylic acids is 1. The van der Waals surface area contributed by atoms with E-state index in [-0.39, 0.29) is 5.02 Å². The Bertz CT molecular complexity index is 409. The number of carboxylic acids is 1. The molecular weight excluding hydrogens is 245 g/mol. The van der Waals surface area contributed by atoms with Crippen molar-refractivity contribution in [1.82, 2.24) is 4.90 Å². The van der Waals surface area contributed by atoms with Crippen LogP contribution in [0.25, 0.3) is 0 Å². The first-order chi connectivity index (χ1) is 7.91. The molecule has 0 fully saturated rings. The lowest BCUT2D eigenvalue weighted by atomic mass is 9.95. The molecule has 0 amide bonds. The number of nitrogens with zero attached hydrogens (tertiary/aromatic N) is 1. The molecule has 0 aliphatic heterocycles. The molecule has 1 aromatic carbocycles. The first kappa shape index (κ1) is 13.9. The van der Waals surface area contributed by atoms with Gasteiger partial charge in [-0.2, -0.15) is 0 Å². The zero-order chi connectivity index (χ0) is 13.0. The fourth-order valence-corrected chi connectivity index (χ4v) is 1.74. The van der Waals surface area contributed by atoms with Gasteiger partial charge in [-0.15, -0.1) is 0 Å². The first-order valence-corrected chi connectivity index (χ1v) is 5.62.